The molecule has 3 nitrogen and oxygen atoms in total. The summed E-state index contributed by atoms with van der Waals surface area (Å²) in [4.78, 5) is 13.5. The summed E-state index contributed by atoms with van der Waals surface area (Å²) >= 11 is 7.81. The summed E-state index contributed by atoms with van der Waals surface area (Å²) < 4.78 is 0. The minimum absolute atomic E-state index is 0.0466. The lowest BCUT2D eigenvalue weighted by atomic mass is 9.98. The first-order chi connectivity index (χ1) is 8.82. The van der Waals surface area contributed by atoms with Crippen molar-refractivity contribution >= 4 is 22.9 Å². The zero-order valence-electron chi connectivity index (χ0n) is 11.9. The van der Waals surface area contributed by atoms with Gasteiger partial charge in [-0.15, -0.1) is 11.3 Å². The first kappa shape index (κ1) is 14.4. The Kier molecular flexibility index (Phi) is 3.92. The van der Waals surface area contributed by atoms with E-state index >= 15 is 0 Å². The molecule has 0 aliphatic rings. The van der Waals surface area contributed by atoms with Gasteiger partial charge in [0, 0.05) is 22.1 Å². The molecule has 102 valence electrons. The Morgan fingerprint density at radius 3 is 2.42 bits per heavy atom. The molecule has 0 fully saturated rings. The van der Waals surface area contributed by atoms with Crippen molar-refractivity contribution < 1.29 is 0 Å². The number of aryl methyl sites for hydroxylation is 1. The number of nitrogens with zero attached hydrogens (tertiary/aromatic N) is 3. The van der Waals surface area contributed by atoms with E-state index in [4.69, 9.17) is 11.6 Å². The highest BCUT2D eigenvalue weighted by molar-refractivity contribution is 7.10. The van der Waals surface area contributed by atoms with Gasteiger partial charge in [-0.1, -0.05) is 39.3 Å². The van der Waals surface area contributed by atoms with E-state index in [1.54, 1.807) is 11.3 Å². The molecule has 0 radical (unpaired) electrons. The standard InChI is InChI=1S/C14H18ClN3S/c1-6-9-8(2)11(15)18-12(16-9)10-7-19-13(17-10)14(3,4)5/h7H,6H2,1-5H3. The topological polar surface area (TPSA) is 38.7 Å². The molecule has 2 rings (SSSR count). The Morgan fingerprint density at radius 1 is 1.21 bits per heavy atom. The van der Waals surface area contributed by atoms with Crippen LogP contribution in [0, 0.1) is 6.92 Å². The van der Waals surface area contributed by atoms with Gasteiger partial charge in [-0.25, -0.2) is 15.0 Å². The molecule has 0 N–H and O–H groups in total. The summed E-state index contributed by atoms with van der Waals surface area (Å²) in [5, 5.41) is 3.61. The maximum atomic E-state index is 6.17. The van der Waals surface area contributed by atoms with Gasteiger partial charge in [0.1, 0.15) is 10.8 Å². The van der Waals surface area contributed by atoms with E-state index < -0.39 is 0 Å². The van der Waals surface area contributed by atoms with Gasteiger partial charge in [-0.2, -0.15) is 0 Å². The van der Waals surface area contributed by atoms with Crippen molar-refractivity contribution in [2.24, 2.45) is 0 Å². The zero-order chi connectivity index (χ0) is 14.2. The Morgan fingerprint density at radius 2 is 1.89 bits per heavy atom. The first-order valence-corrected chi connectivity index (χ1v) is 7.58. The third-order valence-corrected chi connectivity index (χ3v) is 4.53. The van der Waals surface area contributed by atoms with E-state index in [0.717, 1.165) is 28.4 Å². The predicted octanol–water partition coefficient (Wildman–Crippen LogP) is 4.42. The molecule has 0 spiro atoms. The molecular formula is C14H18ClN3S. The maximum absolute atomic E-state index is 6.17. The van der Waals surface area contributed by atoms with Crippen LogP contribution < -0.4 is 0 Å². The van der Waals surface area contributed by atoms with E-state index in [9.17, 15) is 0 Å². The lowest BCUT2D eigenvalue weighted by Gasteiger charge is -2.13. The van der Waals surface area contributed by atoms with Gasteiger partial charge in [0.15, 0.2) is 5.82 Å². The summed E-state index contributed by atoms with van der Waals surface area (Å²) in [6, 6.07) is 0. The number of thiazole rings is 1. The Bertz CT molecular complexity index is 599. The molecule has 0 unspecified atom stereocenters. The second-order valence-electron chi connectivity index (χ2n) is 5.55. The summed E-state index contributed by atoms with van der Waals surface area (Å²) in [5.41, 5.74) is 2.80. The summed E-state index contributed by atoms with van der Waals surface area (Å²) in [6.45, 7) is 10.5. The van der Waals surface area contributed by atoms with Crippen LogP contribution in [0.5, 0.6) is 0 Å². The SMILES string of the molecule is CCc1nc(-c2csc(C(C)(C)C)n2)nc(Cl)c1C. The second-order valence-corrected chi connectivity index (χ2v) is 6.77. The van der Waals surface area contributed by atoms with Gasteiger partial charge in [-0.3, -0.25) is 0 Å². The van der Waals surface area contributed by atoms with E-state index in [1.165, 1.54) is 0 Å². The van der Waals surface area contributed by atoms with E-state index in [0.29, 0.717) is 11.0 Å². The van der Waals surface area contributed by atoms with E-state index in [1.807, 2.05) is 12.3 Å². The van der Waals surface area contributed by atoms with Crippen molar-refractivity contribution in [2.75, 3.05) is 0 Å². The van der Waals surface area contributed by atoms with Crippen LogP contribution in [0.4, 0.5) is 0 Å². The largest absolute Gasteiger partial charge is 0.237 e. The lowest BCUT2D eigenvalue weighted by molar-refractivity contribution is 0.586. The lowest BCUT2D eigenvalue weighted by Crippen LogP contribution is -2.10. The molecule has 0 saturated carbocycles. The van der Waals surface area contributed by atoms with Crippen LogP contribution >= 0.6 is 22.9 Å². The molecule has 5 heteroatoms. The number of hydrogen-bond acceptors (Lipinski definition) is 4. The fourth-order valence-electron chi connectivity index (χ4n) is 1.71. The Labute approximate surface area is 123 Å². The molecule has 19 heavy (non-hydrogen) atoms. The third-order valence-electron chi connectivity index (χ3n) is 2.90. The second kappa shape index (κ2) is 5.17. The van der Waals surface area contributed by atoms with Crippen LogP contribution in [-0.2, 0) is 11.8 Å². The highest BCUT2D eigenvalue weighted by atomic mass is 35.5. The van der Waals surface area contributed by atoms with Gasteiger partial charge in [0.05, 0.1) is 5.01 Å². The predicted molar refractivity (Wildman–Crippen MR) is 81.0 cm³/mol. The average Bonchev–Trinajstić information content (AvgIpc) is 2.81. The highest BCUT2D eigenvalue weighted by Gasteiger charge is 2.20. The number of halogens is 1. The van der Waals surface area contributed by atoms with Crippen molar-refractivity contribution in [1.82, 2.24) is 15.0 Å². The molecule has 0 bridgehead atoms. The normalized spacial score (nSPS) is 11.9. The van der Waals surface area contributed by atoms with Crippen LogP contribution in [-0.4, -0.2) is 15.0 Å². The smallest absolute Gasteiger partial charge is 0.180 e. The van der Waals surface area contributed by atoms with Crippen LogP contribution in [0.15, 0.2) is 5.38 Å². The Balaban J connectivity index is 2.48. The van der Waals surface area contributed by atoms with Gasteiger partial charge in [0.25, 0.3) is 0 Å². The Hall–Kier alpha value is -1.00. The van der Waals surface area contributed by atoms with Crippen molar-refractivity contribution in [1.29, 1.82) is 0 Å². The van der Waals surface area contributed by atoms with Crippen LogP contribution in [0.1, 0.15) is 44.0 Å². The quantitative estimate of drug-likeness (QED) is 0.770. The fourth-order valence-corrected chi connectivity index (χ4v) is 2.79. The molecule has 0 saturated heterocycles. The third kappa shape index (κ3) is 2.95. The van der Waals surface area contributed by atoms with Crippen molar-refractivity contribution in [3.05, 3.63) is 26.8 Å². The minimum atomic E-state index is 0.0466. The molecule has 0 aliphatic heterocycles. The van der Waals surface area contributed by atoms with E-state index in [2.05, 4.69) is 42.6 Å². The van der Waals surface area contributed by atoms with Gasteiger partial charge < -0.3 is 0 Å². The number of aromatic nitrogens is 3. The molecule has 0 amide bonds. The average molecular weight is 296 g/mol. The molecule has 2 heterocycles. The van der Waals surface area contributed by atoms with Crippen molar-refractivity contribution in [3.63, 3.8) is 0 Å². The van der Waals surface area contributed by atoms with Gasteiger partial charge >= 0.3 is 0 Å². The maximum Gasteiger partial charge on any atom is 0.180 e. The van der Waals surface area contributed by atoms with Gasteiger partial charge in [0.2, 0.25) is 0 Å². The number of hydrogen-bond donors (Lipinski definition) is 0. The minimum Gasteiger partial charge on any atom is -0.237 e. The molecule has 0 atom stereocenters. The zero-order valence-corrected chi connectivity index (χ0v) is 13.5. The van der Waals surface area contributed by atoms with Crippen molar-refractivity contribution in [2.45, 2.75) is 46.5 Å². The summed E-state index contributed by atoms with van der Waals surface area (Å²) in [6.07, 6.45) is 0.845. The number of rotatable bonds is 2. The fraction of sp³-hybridized carbons (Fsp3) is 0.500. The highest BCUT2D eigenvalue weighted by Crippen LogP contribution is 2.29. The van der Waals surface area contributed by atoms with Crippen LogP contribution in [0.2, 0.25) is 5.15 Å². The molecular weight excluding hydrogens is 278 g/mol. The van der Waals surface area contributed by atoms with Crippen LogP contribution in [0.3, 0.4) is 0 Å². The molecule has 2 aromatic heterocycles. The molecule has 0 aromatic carbocycles. The molecule has 0 aliphatic carbocycles. The van der Waals surface area contributed by atoms with Crippen LogP contribution in [0.25, 0.3) is 11.5 Å². The summed E-state index contributed by atoms with van der Waals surface area (Å²) in [5.74, 6) is 0.624. The first-order valence-electron chi connectivity index (χ1n) is 6.32. The van der Waals surface area contributed by atoms with Crippen molar-refractivity contribution in [3.8, 4) is 11.5 Å². The molecule has 2 aromatic rings. The van der Waals surface area contributed by atoms with E-state index in [-0.39, 0.29) is 5.41 Å². The summed E-state index contributed by atoms with van der Waals surface area (Å²) in [7, 11) is 0. The monoisotopic (exact) mass is 295 g/mol. The van der Waals surface area contributed by atoms with Gasteiger partial charge in [-0.05, 0) is 13.3 Å².